The highest BCUT2D eigenvalue weighted by molar-refractivity contribution is 7.92. The van der Waals surface area contributed by atoms with Crippen molar-refractivity contribution in [2.45, 2.75) is 58.8 Å². The second-order valence-electron chi connectivity index (χ2n) is 12.6. The molecule has 10 heteroatoms. The van der Waals surface area contributed by atoms with Crippen LogP contribution in [0.25, 0.3) is 0 Å². The molecular formula is C33H44N4O5S. The molecule has 1 aliphatic rings. The lowest BCUT2D eigenvalue weighted by Gasteiger charge is -2.24. The van der Waals surface area contributed by atoms with Crippen LogP contribution in [0.4, 0.5) is 11.4 Å². The van der Waals surface area contributed by atoms with Gasteiger partial charge in [-0.25, -0.2) is 8.42 Å². The number of aryl methyl sites for hydroxylation is 1. The second kappa shape index (κ2) is 13.3. The fraction of sp³-hybridized carbons (Fsp3) is 0.455. The van der Waals surface area contributed by atoms with Crippen LogP contribution in [0.5, 0.6) is 17.2 Å². The van der Waals surface area contributed by atoms with Crippen LogP contribution in [0.15, 0.2) is 48.7 Å². The van der Waals surface area contributed by atoms with Crippen molar-refractivity contribution in [3.05, 3.63) is 71.0 Å². The van der Waals surface area contributed by atoms with E-state index >= 15 is 0 Å². The smallest absolute Gasteiger partial charge is 0.255 e. The average molecular weight is 609 g/mol. The number of pyridine rings is 1. The molecular weight excluding hydrogens is 564 g/mol. The van der Waals surface area contributed by atoms with Crippen LogP contribution in [0.2, 0.25) is 0 Å². The molecule has 0 aliphatic carbocycles. The molecule has 2 heterocycles. The van der Waals surface area contributed by atoms with E-state index in [0.717, 1.165) is 49.0 Å². The Morgan fingerprint density at radius 1 is 1.07 bits per heavy atom. The maximum Gasteiger partial charge on any atom is 0.255 e. The Hall–Kier alpha value is -3.63. The zero-order chi connectivity index (χ0) is 31.4. The molecule has 1 amide bonds. The number of sulfonamides is 1. The standard InChI is InChI=1S/C33H44N4O5S/c1-22-10-11-24(18-30(22)42-27-12-14-34-26(21-27)17-23-9-8-15-37(5)16-13-23)32(38)35-28-19-25(33(2,3)4)20-29(31(28)41-6)36-43(7,39)40/h10-12,14,18-21,23,36H,8-9,13,15-17H2,1-7H3,(H,35,38). The summed E-state index contributed by atoms with van der Waals surface area (Å²) in [5, 5.41) is 2.92. The van der Waals surface area contributed by atoms with Crippen LogP contribution < -0.4 is 19.5 Å². The summed E-state index contributed by atoms with van der Waals surface area (Å²) in [6.07, 6.45) is 7.32. The van der Waals surface area contributed by atoms with Gasteiger partial charge in [0, 0.05) is 23.5 Å². The van der Waals surface area contributed by atoms with E-state index in [-0.39, 0.29) is 22.8 Å². The first-order valence-electron chi connectivity index (χ1n) is 14.7. The monoisotopic (exact) mass is 608 g/mol. The number of nitrogens with zero attached hydrogens (tertiary/aromatic N) is 2. The third-order valence-electron chi connectivity index (χ3n) is 7.74. The van der Waals surface area contributed by atoms with Crippen molar-refractivity contribution in [2.75, 3.05) is 43.5 Å². The summed E-state index contributed by atoms with van der Waals surface area (Å²) in [7, 11) is 0.0234. The Kier molecular flexibility index (Phi) is 10.0. The minimum Gasteiger partial charge on any atom is -0.492 e. The van der Waals surface area contributed by atoms with Gasteiger partial charge in [0.2, 0.25) is 10.0 Å². The molecule has 2 N–H and O–H groups in total. The van der Waals surface area contributed by atoms with Gasteiger partial charge in [-0.05, 0) is 106 Å². The van der Waals surface area contributed by atoms with Gasteiger partial charge in [0.1, 0.15) is 11.5 Å². The first kappa shape index (κ1) is 32.3. The number of nitrogens with one attached hydrogen (secondary N) is 2. The van der Waals surface area contributed by atoms with Gasteiger partial charge >= 0.3 is 0 Å². The number of anilines is 2. The van der Waals surface area contributed by atoms with Crippen molar-refractivity contribution in [1.29, 1.82) is 0 Å². The van der Waals surface area contributed by atoms with Crippen LogP contribution in [-0.4, -0.2) is 57.7 Å². The van der Waals surface area contributed by atoms with Gasteiger partial charge in [0.25, 0.3) is 5.91 Å². The van der Waals surface area contributed by atoms with Gasteiger partial charge in [-0.15, -0.1) is 0 Å². The molecule has 232 valence electrons. The molecule has 9 nitrogen and oxygen atoms in total. The summed E-state index contributed by atoms with van der Waals surface area (Å²) in [5.74, 6) is 1.68. The Bertz CT molecular complexity index is 1570. The molecule has 0 saturated carbocycles. The second-order valence-corrected chi connectivity index (χ2v) is 14.3. The highest BCUT2D eigenvalue weighted by atomic mass is 32.2. The molecule has 1 aromatic heterocycles. The third-order valence-corrected chi connectivity index (χ3v) is 8.33. The molecule has 1 unspecified atom stereocenters. The van der Waals surface area contributed by atoms with Crippen molar-refractivity contribution in [2.24, 2.45) is 5.92 Å². The molecule has 2 aromatic carbocycles. The predicted octanol–water partition coefficient (Wildman–Crippen LogP) is 6.39. The molecule has 43 heavy (non-hydrogen) atoms. The number of carbonyl (C=O) groups is 1. The van der Waals surface area contributed by atoms with Crippen LogP contribution in [0.1, 0.15) is 67.2 Å². The zero-order valence-electron chi connectivity index (χ0n) is 26.3. The lowest BCUT2D eigenvalue weighted by Crippen LogP contribution is -2.19. The maximum absolute atomic E-state index is 13.5. The van der Waals surface area contributed by atoms with Crippen molar-refractivity contribution in [3.63, 3.8) is 0 Å². The minimum atomic E-state index is -3.59. The Balaban J connectivity index is 1.56. The largest absolute Gasteiger partial charge is 0.492 e. The van der Waals surface area contributed by atoms with Gasteiger partial charge in [0.15, 0.2) is 5.75 Å². The summed E-state index contributed by atoms with van der Waals surface area (Å²) < 4.78 is 38.5. The topological polar surface area (TPSA) is 110 Å². The molecule has 0 radical (unpaired) electrons. The van der Waals surface area contributed by atoms with E-state index in [1.54, 1.807) is 30.5 Å². The maximum atomic E-state index is 13.5. The molecule has 1 aliphatic heterocycles. The highest BCUT2D eigenvalue weighted by Gasteiger charge is 2.23. The molecule has 4 rings (SSSR count). The van der Waals surface area contributed by atoms with Crippen LogP contribution in [-0.2, 0) is 21.9 Å². The van der Waals surface area contributed by atoms with Crippen molar-refractivity contribution >= 4 is 27.3 Å². The van der Waals surface area contributed by atoms with E-state index in [4.69, 9.17) is 9.47 Å². The van der Waals surface area contributed by atoms with E-state index in [0.29, 0.717) is 28.7 Å². The van der Waals surface area contributed by atoms with E-state index in [1.165, 1.54) is 20.0 Å². The molecule has 1 saturated heterocycles. The van der Waals surface area contributed by atoms with Crippen LogP contribution >= 0.6 is 0 Å². The highest BCUT2D eigenvalue weighted by Crippen LogP contribution is 2.39. The number of hydrogen-bond acceptors (Lipinski definition) is 7. The molecule has 1 fully saturated rings. The number of methoxy groups -OCH3 is 1. The van der Waals surface area contributed by atoms with E-state index in [1.807, 2.05) is 45.9 Å². The van der Waals surface area contributed by atoms with Gasteiger partial charge in [-0.2, -0.15) is 0 Å². The van der Waals surface area contributed by atoms with Gasteiger partial charge in [-0.1, -0.05) is 26.8 Å². The van der Waals surface area contributed by atoms with Gasteiger partial charge < -0.3 is 19.7 Å². The summed E-state index contributed by atoms with van der Waals surface area (Å²) in [4.78, 5) is 20.5. The van der Waals surface area contributed by atoms with E-state index in [9.17, 15) is 13.2 Å². The van der Waals surface area contributed by atoms with Crippen molar-refractivity contribution in [1.82, 2.24) is 9.88 Å². The van der Waals surface area contributed by atoms with E-state index in [2.05, 4.69) is 27.0 Å². The number of amides is 1. The Labute approximate surface area is 256 Å². The normalized spacial score (nSPS) is 16.3. The number of ether oxygens (including phenoxy) is 2. The minimum absolute atomic E-state index is 0.222. The van der Waals surface area contributed by atoms with Crippen molar-refractivity contribution < 1.29 is 22.7 Å². The number of rotatable bonds is 9. The lowest BCUT2D eigenvalue weighted by atomic mass is 9.86. The fourth-order valence-corrected chi connectivity index (χ4v) is 5.81. The fourth-order valence-electron chi connectivity index (χ4n) is 5.26. The number of aromatic nitrogens is 1. The van der Waals surface area contributed by atoms with E-state index < -0.39 is 10.0 Å². The van der Waals surface area contributed by atoms with Crippen LogP contribution in [0.3, 0.4) is 0 Å². The van der Waals surface area contributed by atoms with Gasteiger partial charge in [-0.3, -0.25) is 14.5 Å². The first-order valence-corrected chi connectivity index (χ1v) is 16.5. The lowest BCUT2D eigenvalue weighted by molar-refractivity contribution is 0.102. The number of hydrogen-bond donors (Lipinski definition) is 2. The summed E-state index contributed by atoms with van der Waals surface area (Å²) in [5.41, 5.74) is 3.39. The zero-order valence-corrected chi connectivity index (χ0v) is 27.1. The third kappa shape index (κ3) is 8.93. The summed E-state index contributed by atoms with van der Waals surface area (Å²) >= 11 is 0. The molecule has 1 atom stereocenters. The summed E-state index contributed by atoms with van der Waals surface area (Å²) in [6, 6.07) is 12.6. The predicted molar refractivity (Wildman–Crippen MR) is 172 cm³/mol. The first-order chi connectivity index (χ1) is 20.2. The molecule has 3 aromatic rings. The number of likely N-dealkylation sites (tertiary alicyclic amines) is 1. The average Bonchev–Trinajstić information content (AvgIpc) is 3.12. The Morgan fingerprint density at radius 2 is 1.81 bits per heavy atom. The SMILES string of the molecule is COc1c(NC(=O)c2ccc(C)c(Oc3ccnc(CC4CCCN(C)CC4)c3)c2)cc(C(C)(C)C)cc1NS(C)(=O)=O. The molecule has 0 bridgehead atoms. The van der Waals surface area contributed by atoms with Crippen molar-refractivity contribution in [3.8, 4) is 17.2 Å². The van der Waals surface area contributed by atoms with Gasteiger partial charge in [0.05, 0.1) is 24.7 Å². The van der Waals surface area contributed by atoms with Crippen LogP contribution in [0, 0.1) is 12.8 Å². The quantitative estimate of drug-likeness (QED) is 0.290. The number of carbonyl (C=O) groups excluding carboxylic acids is 1. The summed E-state index contributed by atoms with van der Waals surface area (Å²) in [6.45, 7) is 10.2. The Morgan fingerprint density at radius 3 is 2.51 bits per heavy atom. The number of benzene rings is 2. The molecule has 0 spiro atoms.